The van der Waals surface area contributed by atoms with Gasteiger partial charge in [0.15, 0.2) is 0 Å². The third kappa shape index (κ3) is 5.43. The molecule has 1 aromatic rings. The highest BCUT2D eigenvalue weighted by atomic mass is 16.5. The summed E-state index contributed by atoms with van der Waals surface area (Å²) >= 11 is 0. The van der Waals surface area contributed by atoms with Gasteiger partial charge in [-0.15, -0.1) is 0 Å². The molecular formula is C14H20N4O3. The number of nitrogens with one attached hydrogen (secondary N) is 1. The number of azide groups is 1. The molecule has 0 aliphatic carbocycles. The van der Waals surface area contributed by atoms with E-state index in [2.05, 4.69) is 15.3 Å². The van der Waals surface area contributed by atoms with Gasteiger partial charge in [-0.2, -0.15) is 0 Å². The van der Waals surface area contributed by atoms with Gasteiger partial charge in [0.2, 0.25) is 0 Å². The Kier molecular flexibility index (Phi) is 7.89. The van der Waals surface area contributed by atoms with E-state index in [9.17, 15) is 4.79 Å². The number of methoxy groups -OCH3 is 2. The highest BCUT2D eigenvalue weighted by molar-refractivity contribution is 5.78. The summed E-state index contributed by atoms with van der Waals surface area (Å²) < 4.78 is 10.0. The number of carbonyl (C=O) groups excluding carboxylic acids is 1. The molecule has 0 bridgehead atoms. The predicted molar refractivity (Wildman–Crippen MR) is 78.5 cm³/mol. The van der Waals surface area contributed by atoms with Gasteiger partial charge in [-0.05, 0) is 29.6 Å². The zero-order valence-corrected chi connectivity index (χ0v) is 12.3. The van der Waals surface area contributed by atoms with Crippen LogP contribution < -0.4 is 5.32 Å². The van der Waals surface area contributed by atoms with Gasteiger partial charge in [0.05, 0.1) is 13.7 Å². The summed E-state index contributed by atoms with van der Waals surface area (Å²) in [4.78, 5) is 14.7. The fraction of sp³-hybridized carbons (Fsp3) is 0.500. The van der Waals surface area contributed by atoms with E-state index < -0.39 is 6.04 Å². The first-order chi connectivity index (χ1) is 10.2. The molecule has 0 aromatic heterocycles. The van der Waals surface area contributed by atoms with E-state index >= 15 is 0 Å². The number of carbonyl (C=O) groups is 1. The molecule has 0 radical (unpaired) electrons. The maximum absolute atomic E-state index is 12.0. The van der Waals surface area contributed by atoms with Gasteiger partial charge in [0.1, 0.15) is 6.04 Å². The van der Waals surface area contributed by atoms with Crippen molar-refractivity contribution in [3.63, 3.8) is 0 Å². The van der Waals surface area contributed by atoms with Gasteiger partial charge < -0.3 is 14.8 Å². The summed E-state index contributed by atoms with van der Waals surface area (Å²) in [6.45, 7) is 1.35. The lowest BCUT2D eigenvalue weighted by Gasteiger charge is -2.19. The summed E-state index contributed by atoms with van der Waals surface area (Å²) in [7, 11) is 2.97. The smallest absolute Gasteiger partial charge is 0.327 e. The molecule has 1 rings (SSSR count). The molecule has 0 amide bonds. The van der Waals surface area contributed by atoms with Gasteiger partial charge in [-0.25, -0.2) is 4.79 Å². The minimum absolute atomic E-state index is 0.359. The second-order valence-corrected chi connectivity index (χ2v) is 4.35. The summed E-state index contributed by atoms with van der Waals surface area (Å²) in [6, 6.07) is 6.99. The summed E-state index contributed by atoms with van der Waals surface area (Å²) in [5.41, 5.74) is 9.98. The van der Waals surface area contributed by atoms with Gasteiger partial charge in [0.25, 0.3) is 0 Å². The highest BCUT2D eigenvalue weighted by Gasteiger charge is 2.22. The quantitative estimate of drug-likeness (QED) is 0.248. The van der Waals surface area contributed by atoms with Crippen LogP contribution >= 0.6 is 0 Å². The number of hydrogen-bond acceptors (Lipinski definition) is 5. The lowest BCUT2D eigenvalue weighted by atomic mass is 10.0. The van der Waals surface area contributed by atoms with Crippen molar-refractivity contribution < 1.29 is 14.3 Å². The first kappa shape index (κ1) is 17.0. The van der Waals surface area contributed by atoms with Crippen molar-refractivity contribution in [3.8, 4) is 0 Å². The number of esters is 1. The molecule has 0 saturated heterocycles. The van der Waals surface area contributed by atoms with Crippen LogP contribution in [0, 0.1) is 0 Å². The fourth-order valence-corrected chi connectivity index (χ4v) is 1.98. The Balaban J connectivity index is 2.82. The summed E-state index contributed by atoms with van der Waals surface area (Å²) in [6.07, 6.45) is 0.643. The Morgan fingerprint density at radius 3 is 2.86 bits per heavy atom. The molecule has 7 heteroatoms. The van der Waals surface area contributed by atoms with Crippen LogP contribution in [0.3, 0.4) is 0 Å². The van der Waals surface area contributed by atoms with Crippen molar-refractivity contribution in [2.75, 3.05) is 27.3 Å². The van der Waals surface area contributed by atoms with E-state index in [4.69, 9.17) is 15.0 Å². The minimum Gasteiger partial charge on any atom is -0.468 e. The van der Waals surface area contributed by atoms with E-state index in [1.54, 1.807) is 7.11 Å². The van der Waals surface area contributed by atoms with Gasteiger partial charge in [-0.3, -0.25) is 0 Å². The molecule has 21 heavy (non-hydrogen) atoms. The number of nitrogens with zero attached hydrogens (tertiary/aromatic N) is 3. The van der Waals surface area contributed by atoms with Crippen LogP contribution in [0.2, 0.25) is 0 Å². The normalized spacial score (nSPS) is 11.5. The SMILES string of the molecule is COCc1ccccc1C(NCCCN=[N+]=[N-])C(=O)OC. The van der Waals surface area contributed by atoms with Crippen molar-refractivity contribution in [1.29, 1.82) is 0 Å². The van der Waals surface area contributed by atoms with Crippen molar-refractivity contribution in [3.05, 3.63) is 45.8 Å². The largest absolute Gasteiger partial charge is 0.468 e. The third-order valence-corrected chi connectivity index (χ3v) is 2.95. The zero-order chi connectivity index (χ0) is 15.5. The zero-order valence-electron chi connectivity index (χ0n) is 12.3. The maximum Gasteiger partial charge on any atom is 0.327 e. The minimum atomic E-state index is -0.563. The van der Waals surface area contributed by atoms with E-state index in [1.807, 2.05) is 24.3 Å². The van der Waals surface area contributed by atoms with Crippen LogP contribution in [0.1, 0.15) is 23.6 Å². The Hall–Kier alpha value is -2.08. The second-order valence-electron chi connectivity index (χ2n) is 4.35. The predicted octanol–water partition coefficient (Wildman–Crippen LogP) is 2.34. The van der Waals surface area contributed by atoms with Crippen molar-refractivity contribution in [2.45, 2.75) is 19.1 Å². The number of rotatable bonds is 9. The maximum atomic E-state index is 12.0. The second kappa shape index (κ2) is 9.77. The van der Waals surface area contributed by atoms with E-state index in [0.29, 0.717) is 26.1 Å². The molecule has 0 fully saturated rings. The van der Waals surface area contributed by atoms with Gasteiger partial charge >= 0.3 is 5.97 Å². The standard InChI is InChI=1S/C14H20N4O3/c1-20-10-11-6-3-4-7-12(11)13(14(19)21-2)16-8-5-9-17-18-15/h3-4,6-7,13,16H,5,8-10H2,1-2H3. The summed E-state index contributed by atoms with van der Waals surface area (Å²) in [5.74, 6) is -0.359. The van der Waals surface area contributed by atoms with Crippen molar-refractivity contribution in [1.82, 2.24) is 5.32 Å². The molecular weight excluding hydrogens is 272 g/mol. The first-order valence-corrected chi connectivity index (χ1v) is 6.63. The van der Waals surface area contributed by atoms with Crippen molar-refractivity contribution >= 4 is 5.97 Å². The van der Waals surface area contributed by atoms with Crippen LogP contribution in [-0.4, -0.2) is 33.3 Å². The van der Waals surface area contributed by atoms with Crippen LogP contribution in [-0.2, 0) is 20.9 Å². The molecule has 7 nitrogen and oxygen atoms in total. The number of benzene rings is 1. The van der Waals surface area contributed by atoms with Crippen LogP contribution in [0.5, 0.6) is 0 Å². The Bertz CT molecular complexity index is 501. The van der Waals surface area contributed by atoms with Gasteiger partial charge in [0, 0.05) is 18.6 Å². The number of ether oxygens (including phenoxy) is 2. The van der Waals surface area contributed by atoms with Crippen LogP contribution in [0.25, 0.3) is 10.4 Å². The Labute approximate surface area is 123 Å². The molecule has 1 atom stereocenters. The topological polar surface area (TPSA) is 96.3 Å². The van der Waals surface area contributed by atoms with E-state index in [1.165, 1.54) is 7.11 Å². The van der Waals surface area contributed by atoms with Crippen LogP contribution in [0.4, 0.5) is 0 Å². The lowest BCUT2D eigenvalue weighted by molar-refractivity contribution is -0.143. The molecule has 0 saturated carbocycles. The first-order valence-electron chi connectivity index (χ1n) is 6.63. The fourth-order valence-electron chi connectivity index (χ4n) is 1.98. The molecule has 0 aliphatic heterocycles. The third-order valence-electron chi connectivity index (χ3n) is 2.95. The Morgan fingerprint density at radius 2 is 2.19 bits per heavy atom. The molecule has 1 aromatic carbocycles. The molecule has 1 N–H and O–H groups in total. The molecule has 0 spiro atoms. The number of hydrogen-bond donors (Lipinski definition) is 1. The molecule has 1 unspecified atom stereocenters. The lowest BCUT2D eigenvalue weighted by Crippen LogP contribution is -2.31. The molecule has 0 heterocycles. The van der Waals surface area contributed by atoms with Crippen molar-refractivity contribution in [2.24, 2.45) is 5.11 Å². The van der Waals surface area contributed by atoms with E-state index in [-0.39, 0.29) is 5.97 Å². The monoisotopic (exact) mass is 292 g/mol. The van der Waals surface area contributed by atoms with Gasteiger partial charge in [-0.1, -0.05) is 29.4 Å². The molecule has 0 aliphatic rings. The average molecular weight is 292 g/mol. The highest BCUT2D eigenvalue weighted by Crippen LogP contribution is 2.20. The summed E-state index contributed by atoms with van der Waals surface area (Å²) in [5, 5.41) is 6.59. The van der Waals surface area contributed by atoms with E-state index in [0.717, 1.165) is 11.1 Å². The Morgan fingerprint density at radius 1 is 1.43 bits per heavy atom. The van der Waals surface area contributed by atoms with Crippen LogP contribution in [0.15, 0.2) is 29.4 Å². The average Bonchev–Trinajstić information content (AvgIpc) is 2.51. The molecule has 114 valence electrons.